The molecule has 5 aliphatic rings. The smallest absolute Gasteiger partial charge is 0.410 e. The quantitative estimate of drug-likeness (QED) is 0.327. The summed E-state index contributed by atoms with van der Waals surface area (Å²) in [5.74, 6) is -2.66. The monoisotopic (exact) mass is 697 g/mol. The van der Waals surface area contributed by atoms with E-state index in [0.29, 0.717) is 38.8 Å². The predicted molar refractivity (Wildman–Crippen MR) is 177 cm³/mol. The third-order valence-electron chi connectivity index (χ3n) is 9.89. The number of unbranched alkanes of at least 4 members (excludes halogenated alkanes) is 1. The Morgan fingerprint density at radius 3 is 2.69 bits per heavy atom. The molecule has 2 aliphatic carbocycles. The van der Waals surface area contributed by atoms with Crippen LogP contribution in [-0.2, 0) is 47.0 Å². The maximum atomic E-state index is 14.1. The number of rotatable bonds is 9. The molecular weight excluding hydrogens is 654 g/mol. The van der Waals surface area contributed by atoms with E-state index in [-0.39, 0.29) is 32.4 Å². The summed E-state index contributed by atoms with van der Waals surface area (Å²) in [6.07, 6.45) is 6.04. The standard InChI is InChI=1S/C34H43N5O9S/c1-3-5-12-27-30(41)39-19-24(16-28(39)29(40)36-34(17-23(34)4-2)31(42)37-49(45,46)25-13-14-25)48-33(44)38-18-22-11-8-10-21(26(22)20-38)9-6-7-15-47-32(43)35-27/h4,6,8-11,23-25,27-28H,2-3,5,7,12-20H2,1H3,(H,35,43)(H,36,40)(H,37,42)/b9-6+/t23-,24-,27+,28+,34-/m1/s1. The third-order valence-corrected chi connectivity index (χ3v) is 11.7. The Balaban J connectivity index is 1.26. The van der Waals surface area contributed by atoms with Gasteiger partial charge in [-0.2, -0.15) is 0 Å². The number of hydrogen-bond acceptors (Lipinski definition) is 9. The van der Waals surface area contributed by atoms with Gasteiger partial charge in [-0.05, 0) is 48.8 Å². The highest BCUT2D eigenvalue weighted by Gasteiger charge is 2.62. The van der Waals surface area contributed by atoms with Gasteiger partial charge in [0.25, 0.3) is 5.91 Å². The highest BCUT2D eigenvalue weighted by molar-refractivity contribution is 7.91. The second kappa shape index (κ2) is 13.8. The summed E-state index contributed by atoms with van der Waals surface area (Å²) in [6.45, 7) is 6.27. The molecule has 1 saturated heterocycles. The van der Waals surface area contributed by atoms with Crippen LogP contribution in [0, 0.1) is 5.92 Å². The van der Waals surface area contributed by atoms with Gasteiger partial charge in [-0.25, -0.2) is 18.0 Å². The van der Waals surface area contributed by atoms with E-state index >= 15 is 0 Å². The maximum absolute atomic E-state index is 14.1. The normalized spacial score (nSPS) is 29.1. The highest BCUT2D eigenvalue weighted by Crippen LogP contribution is 2.45. The molecule has 0 spiro atoms. The van der Waals surface area contributed by atoms with Gasteiger partial charge in [0, 0.05) is 18.9 Å². The van der Waals surface area contributed by atoms with Crippen molar-refractivity contribution >= 4 is 46.0 Å². The number of alkyl carbamates (subject to hydrolysis) is 1. The Kier molecular flexibility index (Phi) is 9.74. The molecule has 5 amide bonds. The van der Waals surface area contributed by atoms with Crippen molar-refractivity contribution in [1.29, 1.82) is 0 Å². The van der Waals surface area contributed by atoms with Crippen molar-refractivity contribution in [3.8, 4) is 0 Å². The molecule has 2 saturated carbocycles. The second-order valence-corrected chi connectivity index (χ2v) is 15.4. The topological polar surface area (TPSA) is 181 Å². The molecule has 1 aromatic rings. The maximum Gasteiger partial charge on any atom is 0.410 e. The first-order chi connectivity index (χ1) is 23.5. The first kappa shape index (κ1) is 34.5. The number of hydrogen-bond donors (Lipinski definition) is 3. The lowest BCUT2D eigenvalue weighted by molar-refractivity contribution is -0.141. The minimum Gasteiger partial charge on any atom is -0.449 e. The van der Waals surface area contributed by atoms with Gasteiger partial charge in [-0.3, -0.25) is 24.0 Å². The summed E-state index contributed by atoms with van der Waals surface area (Å²) >= 11 is 0. The molecule has 6 rings (SSSR count). The van der Waals surface area contributed by atoms with Crippen molar-refractivity contribution in [3.05, 3.63) is 53.6 Å². The summed E-state index contributed by atoms with van der Waals surface area (Å²) in [6, 6.07) is 3.58. The van der Waals surface area contributed by atoms with Crippen molar-refractivity contribution in [2.45, 2.75) is 100 Å². The number of nitrogens with one attached hydrogen (secondary N) is 3. The minimum atomic E-state index is -3.90. The van der Waals surface area contributed by atoms with E-state index in [9.17, 15) is 32.4 Å². The van der Waals surface area contributed by atoms with Gasteiger partial charge in [0.15, 0.2) is 0 Å². The molecule has 264 valence electrons. The number of amides is 5. The zero-order valence-corrected chi connectivity index (χ0v) is 28.3. The number of carbonyl (C=O) groups is 5. The minimum absolute atomic E-state index is 0.0696. The van der Waals surface area contributed by atoms with Crippen LogP contribution in [0.5, 0.6) is 0 Å². The molecule has 3 N–H and O–H groups in total. The summed E-state index contributed by atoms with van der Waals surface area (Å²) in [5, 5.41) is 4.74. The molecule has 1 aromatic carbocycles. The summed E-state index contributed by atoms with van der Waals surface area (Å²) in [7, 11) is -3.90. The second-order valence-electron chi connectivity index (χ2n) is 13.4. The van der Waals surface area contributed by atoms with Crippen LogP contribution >= 0.6 is 0 Å². The SMILES string of the molecule is C=C[C@@H]1C[C@]1(NC(=O)[C@@H]1C[C@@H]2CN1C(=O)[C@H](CCCC)NC(=O)OCC/C=C/c1cccc3c1CN(C3)C(=O)O2)C(=O)NS(=O)(=O)C1CC1. The Morgan fingerprint density at radius 1 is 1.18 bits per heavy atom. The number of sulfonamides is 1. The number of benzene rings is 1. The predicted octanol–water partition coefficient (Wildman–Crippen LogP) is 2.48. The Bertz CT molecular complexity index is 1680. The van der Waals surface area contributed by atoms with Crippen molar-refractivity contribution < 1.29 is 41.9 Å². The van der Waals surface area contributed by atoms with E-state index in [0.717, 1.165) is 23.1 Å². The molecule has 4 bridgehead atoms. The molecule has 0 radical (unpaired) electrons. The van der Waals surface area contributed by atoms with Crippen LogP contribution in [0.2, 0.25) is 0 Å². The lowest BCUT2D eigenvalue weighted by Crippen LogP contribution is -2.58. The summed E-state index contributed by atoms with van der Waals surface area (Å²) in [5.41, 5.74) is 1.32. The van der Waals surface area contributed by atoms with E-state index < -0.39 is 74.8 Å². The lowest BCUT2D eigenvalue weighted by Gasteiger charge is -2.29. The van der Waals surface area contributed by atoms with E-state index in [4.69, 9.17) is 9.47 Å². The Labute approximate surface area is 285 Å². The Hall–Kier alpha value is -4.40. The molecule has 15 heteroatoms. The third kappa shape index (κ3) is 7.31. The van der Waals surface area contributed by atoms with Crippen molar-refractivity contribution in [2.75, 3.05) is 13.2 Å². The van der Waals surface area contributed by atoms with Crippen molar-refractivity contribution in [3.63, 3.8) is 0 Å². The van der Waals surface area contributed by atoms with Crippen LogP contribution in [0.15, 0.2) is 36.9 Å². The van der Waals surface area contributed by atoms with E-state index in [1.807, 2.05) is 37.3 Å². The zero-order valence-electron chi connectivity index (χ0n) is 27.5. The molecule has 49 heavy (non-hydrogen) atoms. The van der Waals surface area contributed by atoms with E-state index in [2.05, 4.69) is 21.9 Å². The number of ether oxygens (including phenoxy) is 2. The van der Waals surface area contributed by atoms with Crippen molar-refractivity contribution in [1.82, 2.24) is 25.2 Å². The van der Waals surface area contributed by atoms with Gasteiger partial charge in [0.2, 0.25) is 21.8 Å². The van der Waals surface area contributed by atoms with Gasteiger partial charge < -0.3 is 25.0 Å². The van der Waals surface area contributed by atoms with Gasteiger partial charge in [-0.15, -0.1) is 6.58 Å². The first-order valence-corrected chi connectivity index (χ1v) is 18.5. The average Bonchev–Trinajstić information content (AvgIpc) is 3.96. The zero-order chi connectivity index (χ0) is 34.9. The number of fused-ring (bicyclic) bond motifs is 3. The molecule has 3 aliphatic heterocycles. The molecule has 0 unspecified atom stereocenters. The summed E-state index contributed by atoms with van der Waals surface area (Å²) in [4.78, 5) is 70.6. The van der Waals surface area contributed by atoms with Crippen LogP contribution in [0.25, 0.3) is 6.08 Å². The fourth-order valence-corrected chi connectivity index (χ4v) is 8.19. The average molecular weight is 698 g/mol. The number of carbonyl (C=O) groups excluding carboxylic acids is 5. The van der Waals surface area contributed by atoms with Gasteiger partial charge in [0.05, 0.1) is 24.9 Å². The molecular formula is C34H43N5O9S. The van der Waals surface area contributed by atoms with Crippen LogP contribution < -0.4 is 15.4 Å². The van der Waals surface area contributed by atoms with Gasteiger partial charge in [-0.1, -0.05) is 56.2 Å². The molecule has 0 aromatic heterocycles. The van der Waals surface area contributed by atoms with Crippen molar-refractivity contribution in [2.24, 2.45) is 5.92 Å². The van der Waals surface area contributed by atoms with Crippen LogP contribution in [0.3, 0.4) is 0 Å². The van der Waals surface area contributed by atoms with Crippen LogP contribution in [-0.4, -0.2) is 90.3 Å². The van der Waals surface area contributed by atoms with Crippen LogP contribution in [0.1, 0.15) is 75.0 Å². The van der Waals surface area contributed by atoms with E-state index in [1.165, 1.54) is 11.0 Å². The first-order valence-electron chi connectivity index (χ1n) is 16.9. The molecule has 5 atom stereocenters. The molecule has 3 fully saturated rings. The number of cyclic esters (lactones) is 1. The Morgan fingerprint density at radius 2 is 1.98 bits per heavy atom. The highest BCUT2D eigenvalue weighted by atomic mass is 32.2. The van der Waals surface area contributed by atoms with E-state index in [1.54, 1.807) is 4.90 Å². The number of nitrogens with zero attached hydrogens (tertiary/aromatic N) is 2. The van der Waals surface area contributed by atoms with Gasteiger partial charge >= 0.3 is 12.2 Å². The molecule has 3 heterocycles. The fraction of sp³-hybridized carbons (Fsp3) is 0.559. The van der Waals surface area contributed by atoms with Crippen LogP contribution in [0.4, 0.5) is 9.59 Å². The summed E-state index contributed by atoms with van der Waals surface area (Å²) < 4.78 is 38.6. The lowest BCUT2D eigenvalue weighted by atomic mass is 10.0. The fourth-order valence-electron chi connectivity index (χ4n) is 6.82. The largest absolute Gasteiger partial charge is 0.449 e. The van der Waals surface area contributed by atoms with Gasteiger partial charge in [0.1, 0.15) is 23.7 Å². The molecule has 14 nitrogen and oxygen atoms in total.